The molecule has 2 heterocycles. The van der Waals surface area contributed by atoms with Crippen molar-refractivity contribution in [3.63, 3.8) is 0 Å². The predicted molar refractivity (Wildman–Crippen MR) is 153 cm³/mol. The fourth-order valence-electron chi connectivity index (χ4n) is 4.34. The molecular formula is C29H27ClN4O3S. The average molecular weight is 547 g/mol. The van der Waals surface area contributed by atoms with Crippen LogP contribution in [0.4, 0.5) is 5.69 Å². The van der Waals surface area contributed by atoms with Crippen LogP contribution in [0.1, 0.15) is 42.5 Å². The summed E-state index contributed by atoms with van der Waals surface area (Å²) >= 11 is 7.41. The third-order valence-corrected chi connectivity index (χ3v) is 7.69. The first-order valence-electron chi connectivity index (χ1n) is 12.4. The summed E-state index contributed by atoms with van der Waals surface area (Å²) in [6, 6.07) is 22.9. The average Bonchev–Trinajstić information content (AvgIpc) is 3.50. The van der Waals surface area contributed by atoms with Gasteiger partial charge in [-0.15, -0.1) is 0 Å². The van der Waals surface area contributed by atoms with Gasteiger partial charge < -0.3 is 10.1 Å². The highest BCUT2D eigenvalue weighted by Gasteiger charge is 2.39. The van der Waals surface area contributed by atoms with E-state index in [2.05, 4.69) is 34.6 Å². The summed E-state index contributed by atoms with van der Waals surface area (Å²) in [6.45, 7) is 4.53. The summed E-state index contributed by atoms with van der Waals surface area (Å²) in [4.78, 5) is 29.9. The van der Waals surface area contributed by atoms with Gasteiger partial charge in [0.25, 0.3) is 5.91 Å². The molecule has 0 radical (unpaired) electrons. The first kappa shape index (κ1) is 26.0. The van der Waals surface area contributed by atoms with E-state index in [0.717, 1.165) is 22.6 Å². The van der Waals surface area contributed by atoms with E-state index in [1.807, 2.05) is 43.1 Å². The molecule has 2 unspecified atom stereocenters. The Morgan fingerprint density at radius 1 is 1.08 bits per heavy atom. The Bertz CT molecular complexity index is 1390. The Kier molecular flexibility index (Phi) is 7.81. The lowest BCUT2D eigenvalue weighted by Gasteiger charge is -2.23. The van der Waals surface area contributed by atoms with E-state index in [1.54, 1.807) is 24.3 Å². The van der Waals surface area contributed by atoms with Gasteiger partial charge in [-0.05, 0) is 61.4 Å². The number of ether oxygens (including phenoxy) is 1. The highest BCUT2D eigenvalue weighted by Crippen LogP contribution is 2.39. The SMILES string of the molecule is CCOc1ccc(NC(=O)CC2SC(N3N=C(c4ccc(C)cc4)CC3c3ccc(Cl)cc3)=NC2=O)cc1. The molecule has 9 heteroatoms. The maximum atomic E-state index is 12.8. The smallest absolute Gasteiger partial charge is 0.262 e. The number of halogens is 1. The Balaban J connectivity index is 1.31. The molecule has 0 saturated heterocycles. The maximum Gasteiger partial charge on any atom is 0.262 e. The zero-order valence-electron chi connectivity index (χ0n) is 21.1. The first-order chi connectivity index (χ1) is 18.4. The van der Waals surface area contributed by atoms with Crippen LogP contribution in [0.25, 0.3) is 0 Å². The Hall–Kier alpha value is -3.62. The van der Waals surface area contributed by atoms with Crippen molar-refractivity contribution in [3.05, 3.63) is 94.5 Å². The van der Waals surface area contributed by atoms with E-state index in [9.17, 15) is 9.59 Å². The van der Waals surface area contributed by atoms with Crippen LogP contribution >= 0.6 is 23.4 Å². The van der Waals surface area contributed by atoms with E-state index in [0.29, 0.717) is 28.9 Å². The third kappa shape index (κ3) is 5.92. The molecule has 7 nitrogen and oxygen atoms in total. The Morgan fingerprint density at radius 2 is 1.79 bits per heavy atom. The number of aryl methyl sites for hydroxylation is 1. The van der Waals surface area contributed by atoms with Gasteiger partial charge in [0.2, 0.25) is 5.91 Å². The van der Waals surface area contributed by atoms with Crippen LogP contribution in [0.2, 0.25) is 5.02 Å². The van der Waals surface area contributed by atoms with Crippen molar-refractivity contribution in [3.8, 4) is 5.75 Å². The number of carbonyl (C=O) groups is 2. The van der Waals surface area contributed by atoms with Crippen LogP contribution in [0.3, 0.4) is 0 Å². The van der Waals surface area contributed by atoms with Gasteiger partial charge in [0.1, 0.15) is 11.0 Å². The topological polar surface area (TPSA) is 83.4 Å². The van der Waals surface area contributed by atoms with E-state index >= 15 is 0 Å². The number of benzene rings is 3. The molecule has 2 aliphatic rings. The minimum absolute atomic E-state index is 0.0116. The van der Waals surface area contributed by atoms with E-state index < -0.39 is 5.25 Å². The number of hydrogen-bond donors (Lipinski definition) is 1. The molecule has 1 N–H and O–H groups in total. The number of amides is 2. The Labute approximate surface area is 230 Å². The van der Waals surface area contributed by atoms with Crippen LogP contribution in [-0.2, 0) is 9.59 Å². The van der Waals surface area contributed by atoms with Crippen molar-refractivity contribution >= 4 is 51.7 Å². The van der Waals surface area contributed by atoms with Gasteiger partial charge in [-0.3, -0.25) is 9.59 Å². The molecule has 0 aliphatic carbocycles. The molecule has 0 aromatic heterocycles. The molecule has 0 spiro atoms. The normalized spacial score (nSPS) is 18.8. The Morgan fingerprint density at radius 3 is 2.47 bits per heavy atom. The van der Waals surface area contributed by atoms with Crippen LogP contribution in [0, 0.1) is 6.92 Å². The quantitative estimate of drug-likeness (QED) is 0.380. The summed E-state index contributed by atoms with van der Waals surface area (Å²) in [6.07, 6.45) is 0.666. The minimum Gasteiger partial charge on any atom is -0.494 e. The second-order valence-electron chi connectivity index (χ2n) is 9.08. The summed E-state index contributed by atoms with van der Waals surface area (Å²) in [5.74, 6) is 0.146. The fraction of sp³-hybridized carbons (Fsp3) is 0.241. The van der Waals surface area contributed by atoms with Crippen LogP contribution in [0.5, 0.6) is 5.75 Å². The molecule has 194 valence electrons. The number of anilines is 1. The van der Waals surface area contributed by atoms with Gasteiger partial charge >= 0.3 is 0 Å². The zero-order valence-corrected chi connectivity index (χ0v) is 22.6. The van der Waals surface area contributed by atoms with Crippen LogP contribution in [-0.4, -0.2) is 39.6 Å². The first-order valence-corrected chi connectivity index (χ1v) is 13.7. The molecule has 0 saturated carbocycles. The second kappa shape index (κ2) is 11.4. The predicted octanol–water partition coefficient (Wildman–Crippen LogP) is 6.23. The van der Waals surface area contributed by atoms with Crippen molar-refractivity contribution in [2.45, 2.75) is 38.0 Å². The molecule has 0 fully saturated rings. The minimum atomic E-state index is -0.614. The van der Waals surface area contributed by atoms with Gasteiger partial charge in [-0.1, -0.05) is 65.3 Å². The lowest BCUT2D eigenvalue weighted by atomic mass is 9.98. The highest BCUT2D eigenvalue weighted by molar-refractivity contribution is 8.15. The van der Waals surface area contributed by atoms with Gasteiger partial charge in [0, 0.05) is 23.6 Å². The fourth-order valence-corrected chi connectivity index (χ4v) is 5.53. The summed E-state index contributed by atoms with van der Waals surface area (Å²) in [5, 5.41) is 10.1. The highest BCUT2D eigenvalue weighted by atomic mass is 35.5. The third-order valence-electron chi connectivity index (χ3n) is 6.29. The van der Waals surface area contributed by atoms with Crippen molar-refractivity contribution in [2.24, 2.45) is 10.1 Å². The van der Waals surface area contributed by atoms with E-state index in [-0.39, 0.29) is 24.3 Å². The number of carbonyl (C=O) groups excluding carboxylic acids is 2. The number of nitrogens with zero attached hydrogens (tertiary/aromatic N) is 3. The summed E-state index contributed by atoms with van der Waals surface area (Å²) < 4.78 is 5.44. The zero-order chi connectivity index (χ0) is 26.6. The van der Waals surface area contributed by atoms with Crippen molar-refractivity contribution in [2.75, 3.05) is 11.9 Å². The number of thioether (sulfide) groups is 1. The van der Waals surface area contributed by atoms with Crippen molar-refractivity contribution in [1.29, 1.82) is 0 Å². The largest absolute Gasteiger partial charge is 0.494 e. The number of hydrazone groups is 1. The van der Waals surface area contributed by atoms with Gasteiger partial charge in [0.05, 0.1) is 18.4 Å². The van der Waals surface area contributed by atoms with Crippen molar-refractivity contribution < 1.29 is 14.3 Å². The van der Waals surface area contributed by atoms with E-state index in [1.165, 1.54) is 17.3 Å². The number of rotatable bonds is 7. The summed E-state index contributed by atoms with van der Waals surface area (Å²) in [5.41, 5.74) is 4.78. The summed E-state index contributed by atoms with van der Waals surface area (Å²) in [7, 11) is 0. The number of nitrogens with one attached hydrogen (secondary N) is 1. The number of hydrogen-bond acceptors (Lipinski definition) is 6. The van der Waals surface area contributed by atoms with Crippen molar-refractivity contribution in [1.82, 2.24) is 5.01 Å². The molecule has 2 amide bonds. The van der Waals surface area contributed by atoms with Crippen LogP contribution < -0.4 is 10.1 Å². The molecular weight excluding hydrogens is 520 g/mol. The number of aliphatic imine (C=N–C) groups is 1. The molecule has 0 bridgehead atoms. The molecule has 5 rings (SSSR count). The maximum absolute atomic E-state index is 12.8. The lowest BCUT2D eigenvalue weighted by molar-refractivity contribution is -0.121. The van der Waals surface area contributed by atoms with E-state index in [4.69, 9.17) is 21.4 Å². The standard InChI is InChI=1S/C29H27ClN4O3S/c1-3-37-23-14-12-22(13-15-23)31-27(35)17-26-28(36)32-29(38-26)34-25(20-8-10-21(30)11-9-20)16-24(33-34)19-6-4-18(2)5-7-19/h4-15,25-26H,3,16-17H2,1-2H3,(H,31,35). The molecule has 38 heavy (non-hydrogen) atoms. The monoisotopic (exact) mass is 546 g/mol. The molecule has 3 aromatic rings. The molecule has 2 aliphatic heterocycles. The molecule has 2 atom stereocenters. The molecule has 3 aromatic carbocycles. The second-order valence-corrected chi connectivity index (χ2v) is 10.7. The van der Waals surface area contributed by atoms with Crippen LogP contribution in [0.15, 0.2) is 82.9 Å². The van der Waals surface area contributed by atoms with Gasteiger partial charge in [0.15, 0.2) is 5.17 Å². The van der Waals surface area contributed by atoms with Gasteiger partial charge in [-0.2, -0.15) is 10.1 Å². The lowest BCUT2D eigenvalue weighted by Crippen LogP contribution is -2.25. The van der Waals surface area contributed by atoms with Gasteiger partial charge in [-0.25, -0.2) is 5.01 Å². The number of amidine groups is 1.